The molecule has 0 spiro atoms. The lowest BCUT2D eigenvalue weighted by Gasteiger charge is -2.30. The molecule has 0 aromatic carbocycles. The van der Waals surface area contributed by atoms with E-state index in [1.54, 1.807) is 0 Å². The summed E-state index contributed by atoms with van der Waals surface area (Å²) in [4.78, 5) is 14.1. The number of terminal acetylenes is 1. The van der Waals surface area contributed by atoms with E-state index in [-0.39, 0.29) is 5.91 Å². The van der Waals surface area contributed by atoms with Gasteiger partial charge >= 0.3 is 0 Å². The second-order valence-corrected chi connectivity index (χ2v) is 5.13. The Labute approximate surface area is 104 Å². The third-order valence-electron chi connectivity index (χ3n) is 3.62. The predicted molar refractivity (Wildman–Crippen MR) is 68.4 cm³/mol. The Balaban J connectivity index is 1.83. The lowest BCUT2D eigenvalue weighted by molar-refractivity contribution is -0.132. The number of hydrogen-bond donors (Lipinski definition) is 1. The zero-order valence-corrected chi connectivity index (χ0v) is 10.5. The Kier molecular flexibility index (Phi) is 4.44. The van der Waals surface area contributed by atoms with Crippen molar-refractivity contribution in [2.45, 2.75) is 57.0 Å². The highest BCUT2D eigenvalue weighted by Crippen LogP contribution is 2.28. The third-order valence-corrected chi connectivity index (χ3v) is 3.62. The first-order valence-electron chi connectivity index (χ1n) is 6.77. The molecular weight excluding hydrogens is 212 g/mol. The molecule has 1 unspecified atom stereocenters. The molecule has 0 aromatic rings. The summed E-state index contributed by atoms with van der Waals surface area (Å²) in [5.41, 5.74) is 0. The summed E-state index contributed by atoms with van der Waals surface area (Å²) in [6.07, 6.45) is 12.4. The van der Waals surface area contributed by atoms with E-state index >= 15 is 0 Å². The van der Waals surface area contributed by atoms with Gasteiger partial charge < -0.3 is 10.2 Å². The van der Waals surface area contributed by atoms with Crippen molar-refractivity contribution in [1.82, 2.24) is 10.2 Å². The summed E-state index contributed by atoms with van der Waals surface area (Å²) in [5, 5.41) is 3.51. The fourth-order valence-electron chi connectivity index (χ4n) is 2.48. The van der Waals surface area contributed by atoms with Gasteiger partial charge in [-0.15, -0.1) is 12.3 Å². The Bertz CT molecular complexity index is 298. The van der Waals surface area contributed by atoms with Crippen LogP contribution in [0.25, 0.3) is 0 Å². The van der Waals surface area contributed by atoms with Gasteiger partial charge in [-0.05, 0) is 32.2 Å². The summed E-state index contributed by atoms with van der Waals surface area (Å²) in [6, 6.07) is 1.00. The summed E-state index contributed by atoms with van der Waals surface area (Å²) in [7, 11) is 0. The van der Waals surface area contributed by atoms with Crippen LogP contribution in [0, 0.1) is 12.3 Å². The highest BCUT2D eigenvalue weighted by molar-refractivity contribution is 5.77. The SMILES string of the molecule is C#CCCC(=O)N(CC1CCCCN1)C1CC1. The Morgan fingerprint density at radius 1 is 1.35 bits per heavy atom. The predicted octanol–water partition coefficient (Wildman–Crippen LogP) is 1.53. The number of carbonyl (C=O) groups is 1. The minimum absolute atomic E-state index is 0.248. The molecule has 0 aromatic heterocycles. The first kappa shape index (κ1) is 12.4. The molecule has 0 bridgehead atoms. The molecule has 2 aliphatic rings. The van der Waals surface area contributed by atoms with E-state index in [1.807, 2.05) is 0 Å². The fraction of sp³-hybridized carbons (Fsp3) is 0.786. The first-order chi connectivity index (χ1) is 8.31. The molecule has 1 N–H and O–H groups in total. The second-order valence-electron chi connectivity index (χ2n) is 5.13. The molecule has 1 saturated heterocycles. The number of piperidine rings is 1. The van der Waals surface area contributed by atoms with Crippen LogP contribution in [0.2, 0.25) is 0 Å². The molecule has 1 aliphatic carbocycles. The van der Waals surface area contributed by atoms with E-state index < -0.39 is 0 Å². The van der Waals surface area contributed by atoms with Gasteiger partial charge in [0.05, 0.1) is 0 Å². The van der Waals surface area contributed by atoms with E-state index in [0.717, 1.165) is 13.1 Å². The van der Waals surface area contributed by atoms with Crippen LogP contribution in [-0.4, -0.2) is 36.0 Å². The highest BCUT2D eigenvalue weighted by atomic mass is 16.2. The maximum absolute atomic E-state index is 12.1. The van der Waals surface area contributed by atoms with Crippen LogP contribution in [0.15, 0.2) is 0 Å². The molecule has 1 atom stereocenters. The minimum atomic E-state index is 0.248. The van der Waals surface area contributed by atoms with Crippen LogP contribution in [0.4, 0.5) is 0 Å². The van der Waals surface area contributed by atoms with Gasteiger partial charge in [-0.2, -0.15) is 0 Å². The molecule has 1 amide bonds. The van der Waals surface area contributed by atoms with Crippen molar-refractivity contribution < 1.29 is 4.79 Å². The van der Waals surface area contributed by atoms with Crippen LogP contribution in [0.3, 0.4) is 0 Å². The number of nitrogens with zero attached hydrogens (tertiary/aromatic N) is 1. The maximum atomic E-state index is 12.1. The largest absolute Gasteiger partial charge is 0.338 e. The monoisotopic (exact) mass is 234 g/mol. The van der Waals surface area contributed by atoms with Crippen LogP contribution < -0.4 is 5.32 Å². The van der Waals surface area contributed by atoms with E-state index in [0.29, 0.717) is 24.9 Å². The fourth-order valence-corrected chi connectivity index (χ4v) is 2.48. The van der Waals surface area contributed by atoms with Crippen molar-refractivity contribution in [2.75, 3.05) is 13.1 Å². The van der Waals surface area contributed by atoms with Crippen molar-refractivity contribution in [1.29, 1.82) is 0 Å². The Morgan fingerprint density at radius 2 is 2.18 bits per heavy atom. The molecule has 2 rings (SSSR count). The smallest absolute Gasteiger partial charge is 0.223 e. The molecule has 2 fully saturated rings. The lowest BCUT2D eigenvalue weighted by Crippen LogP contribution is -2.46. The Hall–Kier alpha value is -1.01. The van der Waals surface area contributed by atoms with Gasteiger partial charge in [0.25, 0.3) is 0 Å². The summed E-state index contributed by atoms with van der Waals surface area (Å²) < 4.78 is 0. The number of carbonyl (C=O) groups excluding carboxylic acids is 1. The van der Waals surface area contributed by atoms with Gasteiger partial charge in [0.2, 0.25) is 5.91 Å². The zero-order chi connectivity index (χ0) is 12.1. The topological polar surface area (TPSA) is 32.3 Å². The number of nitrogens with one attached hydrogen (secondary N) is 1. The van der Waals surface area contributed by atoms with Gasteiger partial charge in [-0.3, -0.25) is 4.79 Å². The normalized spacial score (nSPS) is 24.1. The number of rotatable bonds is 5. The van der Waals surface area contributed by atoms with Crippen LogP contribution in [-0.2, 0) is 4.79 Å². The molecule has 1 saturated carbocycles. The quantitative estimate of drug-likeness (QED) is 0.732. The van der Waals surface area contributed by atoms with Crippen molar-refractivity contribution in [3.05, 3.63) is 0 Å². The first-order valence-corrected chi connectivity index (χ1v) is 6.77. The highest BCUT2D eigenvalue weighted by Gasteiger charge is 2.33. The zero-order valence-electron chi connectivity index (χ0n) is 10.5. The van der Waals surface area contributed by atoms with E-state index in [4.69, 9.17) is 6.42 Å². The molecular formula is C14H22N2O. The number of hydrogen-bond acceptors (Lipinski definition) is 2. The molecule has 3 nitrogen and oxygen atoms in total. The minimum Gasteiger partial charge on any atom is -0.338 e. The Morgan fingerprint density at radius 3 is 2.76 bits per heavy atom. The van der Waals surface area contributed by atoms with E-state index in [2.05, 4.69) is 16.1 Å². The van der Waals surface area contributed by atoms with Crippen molar-refractivity contribution in [3.63, 3.8) is 0 Å². The van der Waals surface area contributed by atoms with E-state index in [9.17, 15) is 4.79 Å². The third kappa shape index (κ3) is 3.74. The lowest BCUT2D eigenvalue weighted by atomic mass is 10.0. The van der Waals surface area contributed by atoms with Gasteiger partial charge in [-0.1, -0.05) is 6.42 Å². The molecule has 1 aliphatic heterocycles. The molecule has 3 heteroatoms. The summed E-state index contributed by atoms with van der Waals surface area (Å²) >= 11 is 0. The van der Waals surface area contributed by atoms with E-state index in [1.165, 1.54) is 32.1 Å². The maximum Gasteiger partial charge on any atom is 0.223 e. The second kappa shape index (κ2) is 6.07. The summed E-state index contributed by atoms with van der Waals surface area (Å²) in [6.45, 7) is 1.98. The van der Waals surface area contributed by atoms with Gasteiger partial charge in [0.15, 0.2) is 0 Å². The average molecular weight is 234 g/mol. The average Bonchev–Trinajstić information content (AvgIpc) is 3.18. The van der Waals surface area contributed by atoms with Crippen LogP contribution in [0.5, 0.6) is 0 Å². The number of amides is 1. The van der Waals surface area contributed by atoms with Gasteiger partial charge in [0.1, 0.15) is 0 Å². The van der Waals surface area contributed by atoms with Crippen LogP contribution >= 0.6 is 0 Å². The van der Waals surface area contributed by atoms with Crippen molar-refractivity contribution >= 4 is 5.91 Å². The molecule has 0 radical (unpaired) electrons. The molecule has 1 heterocycles. The van der Waals surface area contributed by atoms with Gasteiger partial charge in [-0.25, -0.2) is 0 Å². The van der Waals surface area contributed by atoms with Crippen molar-refractivity contribution in [3.8, 4) is 12.3 Å². The van der Waals surface area contributed by atoms with Crippen molar-refractivity contribution in [2.24, 2.45) is 0 Å². The summed E-state index contributed by atoms with van der Waals surface area (Å²) in [5.74, 6) is 2.80. The molecule has 17 heavy (non-hydrogen) atoms. The molecule has 94 valence electrons. The van der Waals surface area contributed by atoms with Gasteiger partial charge in [0, 0.05) is 31.5 Å². The standard InChI is InChI=1S/C14H22N2O/c1-2-3-7-14(17)16(13-8-9-13)11-12-6-4-5-10-15-12/h1,12-13,15H,3-11H2. The van der Waals surface area contributed by atoms with Crippen LogP contribution in [0.1, 0.15) is 44.9 Å².